The smallest absolute Gasteiger partial charge is 0.166 e. The number of halogens is 1. The number of anilines is 1. The number of aliphatic hydroxyl groups is 1. The molecular weight excluding hydrogens is 409 g/mol. The van der Waals surface area contributed by atoms with Crippen molar-refractivity contribution in [1.29, 1.82) is 0 Å². The molecule has 0 amide bonds. The van der Waals surface area contributed by atoms with Crippen molar-refractivity contribution in [3.63, 3.8) is 0 Å². The molecule has 0 spiro atoms. The predicted octanol–water partition coefficient (Wildman–Crippen LogP) is 3.52. The quantitative estimate of drug-likeness (QED) is 0.412. The summed E-state index contributed by atoms with van der Waals surface area (Å²) in [5.41, 5.74) is 5.51. The highest BCUT2D eigenvalue weighted by atomic mass is 19.1. The van der Waals surface area contributed by atoms with E-state index in [0.717, 1.165) is 25.5 Å². The summed E-state index contributed by atoms with van der Waals surface area (Å²) in [6.07, 6.45) is 13.6. The first-order valence-electron chi connectivity index (χ1n) is 10.7. The van der Waals surface area contributed by atoms with Gasteiger partial charge in [-0.1, -0.05) is 6.08 Å². The number of nitrogens with one attached hydrogen (secondary N) is 2. The highest BCUT2D eigenvalue weighted by molar-refractivity contribution is 5.85. The highest BCUT2D eigenvalue weighted by Gasteiger charge is 2.18. The van der Waals surface area contributed by atoms with Gasteiger partial charge < -0.3 is 20.0 Å². The Labute approximate surface area is 184 Å². The third kappa shape index (κ3) is 3.75. The Balaban J connectivity index is 1.47. The van der Waals surface area contributed by atoms with Crippen LogP contribution in [-0.4, -0.2) is 47.7 Å². The summed E-state index contributed by atoms with van der Waals surface area (Å²) in [4.78, 5) is 21.0. The summed E-state index contributed by atoms with van der Waals surface area (Å²) in [5, 5.41) is 13.0. The van der Waals surface area contributed by atoms with Gasteiger partial charge in [-0.05, 0) is 49.5 Å². The first-order chi connectivity index (χ1) is 15.6. The fourth-order valence-corrected chi connectivity index (χ4v) is 4.04. The first kappa shape index (κ1) is 20.3. The Morgan fingerprint density at radius 1 is 1.31 bits per heavy atom. The van der Waals surface area contributed by atoms with Crippen LogP contribution in [0.15, 0.2) is 37.1 Å². The molecule has 0 aromatic carbocycles. The molecule has 164 valence electrons. The van der Waals surface area contributed by atoms with E-state index in [1.165, 1.54) is 29.1 Å². The number of aliphatic hydroxyl groups excluding tert-OH is 1. The third-order valence-corrected chi connectivity index (χ3v) is 5.77. The summed E-state index contributed by atoms with van der Waals surface area (Å²) in [6.45, 7) is 2.48. The van der Waals surface area contributed by atoms with Crippen LogP contribution in [-0.2, 0) is 12.8 Å². The van der Waals surface area contributed by atoms with E-state index in [0.29, 0.717) is 34.9 Å². The number of allylic oxidation sites excluding steroid dienone is 1. The molecule has 0 saturated heterocycles. The molecule has 32 heavy (non-hydrogen) atoms. The number of nitrogens with zero attached hydrogens (tertiary/aromatic N) is 5. The monoisotopic (exact) mass is 433 g/mol. The standard InChI is InChI=1S/C23H24FN7O/c1-14(12-32)31-13-28-20-22(26-7-6-15-10-27-19-5-3-2-4-18(15)19)29-21(30-23(20)31)16-8-17(24)11-25-9-16/h3,5,8-11,13-14,27,32H,2,4,6-7,12H2,1H3,(H,26,29,30)/t14-/m0/s1. The van der Waals surface area contributed by atoms with Crippen LogP contribution in [0.4, 0.5) is 10.2 Å². The van der Waals surface area contributed by atoms with Gasteiger partial charge in [-0.15, -0.1) is 0 Å². The Kier molecular flexibility index (Phi) is 5.40. The van der Waals surface area contributed by atoms with E-state index >= 15 is 0 Å². The fourth-order valence-electron chi connectivity index (χ4n) is 4.04. The van der Waals surface area contributed by atoms with E-state index in [-0.39, 0.29) is 12.6 Å². The number of aromatic amines is 1. The van der Waals surface area contributed by atoms with Crippen molar-refractivity contribution in [2.75, 3.05) is 18.5 Å². The second kappa shape index (κ2) is 8.51. The lowest BCUT2D eigenvalue weighted by Crippen LogP contribution is -2.11. The molecule has 4 aromatic heterocycles. The highest BCUT2D eigenvalue weighted by Crippen LogP contribution is 2.27. The number of pyridine rings is 1. The van der Waals surface area contributed by atoms with Crippen molar-refractivity contribution in [3.8, 4) is 11.4 Å². The third-order valence-electron chi connectivity index (χ3n) is 5.77. The second-order valence-corrected chi connectivity index (χ2v) is 7.97. The maximum atomic E-state index is 13.8. The average Bonchev–Trinajstić information content (AvgIpc) is 3.43. The largest absolute Gasteiger partial charge is 0.394 e. The summed E-state index contributed by atoms with van der Waals surface area (Å²) in [6, 6.07) is 1.15. The molecule has 0 unspecified atom stereocenters. The summed E-state index contributed by atoms with van der Waals surface area (Å²) >= 11 is 0. The maximum Gasteiger partial charge on any atom is 0.166 e. The number of H-pyrrole nitrogens is 1. The molecule has 0 saturated carbocycles. The molecule has 1 aliphatic rings. The zero-order valence-electron chi connectivity index (χ0n) is 17.7. The van der Waals surface area contributed by atoms with E-state index in [9.17, 15) is 9.50 Å². The van der Waals surface area contributed by atoms with E-state index in [1.807, 2.05) is 6.92 Å². The van der Waals surface area contributed by atoms with Gasteiger partial charge in [0.2, 0.25) is 0 Å². The van der Waals surface area contributed by atoms with Crippen molar-refractivity contribution < 1.29 is 9.50 Å². The van der Waals surface area contributed by atoms with Gasteiger partial charge in [0.05, 0.1) is 25.2 Å². The molecule has 4 aromatic rings. The zero-order valence-corrected chi connectivity index (χ0v) is 17.7. The maximum absolute atomic E-state index is 13.8. The molecule has 0 radical (unpaired) electrons. The van der Waals surface area contributed by atoms with E-state index in [4.69, 9.17) is 0 Å². The zero-order chi connectivity index (χ0) is 22.1. The lowest BCUT2D eigenvalue weighted by atomic mass is 9.99. The van der Waals surface area contributed by atoms with E-state index in [1.54, 1.807) is 10.9 Å². The minimum atomic E-state index is -0.454. The van der Waals surface area contributed by atoms with Crippen LogP contribution >= 0.6 is 0 Å². The lowest BCUT2D eigenvalue weighted by molar-refractivity contribution is 0.241. The average molecular weight is 433 g/mol. The van der Waals surface area contributed by atoms with Crippen molar-refractivity contribution in [2.45, 2.75) is 32.2 Å². The number of rotatable bonds is 7. The Morgan fingerprint density at radius 3 is 3.06 bits per heavy atom. The molecule has 1 atom stereocenters. The molecule has 1 aliphatic carbocycles. The van der Waals surface area contributed by atoms with Crippen LogP contribution in [0.5, 0.6) is 0 Å². The van der Waals surface area contributed by atoms with Crippen molar-refractivity contribution in [2.24, 2.45) is 0 Å². The van der Waals surface area contributed by atoms with Gasteiger partial charge in [0.25, 0.3) is 0 Å². The number of imidazole rings is 1. The van der Waals surface area contributed by atoms with Crippen LogP contribution in [0, 0.1) is 5.82 Å². The molecule has 4 heterocycles. The number of hydrogen-bond acceptors (Lipinski definition) is 6. The molecular formula is C23H24FN7O. The molecule has 0 aliphatic heterocycles. The normalized spacial score (nSPS) is 14.0. The van der Waals surface area contributed by atoms with Crippen molar-refractivity contribution in [3.05, 3.63) is 59.7 Å². The summed E-state index contributed by atoms with van der Waals surface area (Å²) < 4.78 is 15.6. The Bertz CT molecular complexity index is 1290. The van der Waals surface area contributed by atoms with E-state index in [2.05, 4.69) is 48.6 Å². The van der Waals surface area contributed by atoms with Crippen molar-refractivity contribution >= 4 is 23.1 Å². The van der Waals surface area contributed by atoms with Gasteiger partial charge in [-0.25, -0.2) is 19.3 Å². The topological polar surface area (TPSA) is 105 Å². The molecule has 0 bridgehead atoms. The SMILES string of the molecule is C[C@@H](CO)n1cnc2c(NCCc3c[nH]c4c3CCC=C4)nc(-c3cncc(F)c3)nc21. The van der Waals surface area contributed by atoms with Gasteiger partial charge in [0.1, 0.15) is 11.3 Å². The lowest BCUT2D eigenvalue weighted by Gasteiger charge is -2.13. The Morgan fingerprint density at radius 2 is 2.22 bits per heavy atom. The Hall–Kier alpha value is -3.59. The fraction of sp³-hybridized carbons (Fsp3) is 0.304. The van der Waals surface area contributed by atoms with Crippen LogP contribution in [0.25, 0.3) is 28.6 Å². The molecule has 8 nitrogen and oxygen atoms in total. The van der Waals surface area contributed by atoms with Gasteiger partial charge in [0, 0.05) is 30.2 Å². The molecule has 3 N–H and O–H groups in total. The van der Waals surface area contributed by atoms with Crippen LogP contribution in [0.1, 0.15) is 36.2 Å². The minimum Gasteiger partial charge on any atom is -0.394 e. The minimum absolute atomic E-state index is 0.0534. The van der Waals surface area contributed by atoms with Crippen LogP contribution in [0.2, 0.25) is 0 Å². The predicted molar refractivity (Wildman–Crippen MR) is 121 cm³/mol. The number of fused-ring (bicyclic) bond motifs is 2. The number of hydrogen-bond donors (Lipinski definition) is 3. The second-order valence-electron chi connectivity index (χ2n) is 7.97. The van der Waals surface area contributed by atoms with Gasteiger partial charge in [0.15, 0.2) is 17.3 Å². The van der Waals surface area contributed by atoms with Crippen LogP contribution < -0.4 is 5.32 Å². The summed E-state index contributed by atoms with van der Waals surface area (Å²) in [7, 11) is 0. The van der Waals surface area contributed by atoms with Gasteiger partial charge in [-0.2, -0.15) is 0 Å². The van der Waals surface area contributed by atoms with Crippen LogP contribution in [0.3, 0.4) is 0 Å². The van der Waals surface area contributed by atoms with Gasteiger partial charge >= 0.3 is 0 Å². The molecule has 9 heteroatoms. The van der Waals surface area contributed by atoms with Crippen molar-refractivity contribution in [1.82, 2.24) is 29.5 Å². The number of aromatic nitrogens is 6. The molecule has 5 rings (SSSR count). The van der Waals surface area contributed by atoms with E-state index < -0.39 is 5.82 Å². The molecule has 0 fully saturated rings. The summed E-state index contributed by atoms with van der Waals surface area (Å²) in [5.74, 6) is 0.467. The first-order valence-corrected chi connectivity index (χ1v) is 10.7. The van der Waals surface area contributed by atoms with Gasteiger partial charge in [-0.3, -0.25) is 4.98 Å².